The Labute approximate surface area is 180 Å². The van der Waals surface area contributed by atoms with Crippen molar-refractivity contribution in [2.75, 3.05) is 18.5 Å². The third-order valence-corrected chi connectivity index (χ3v) is 4.37. The Hall–Kier alpha value is -3.65. The van der Waals surface area contributed by atoms with E-state index >= 15 is 0 Å². The van der Waals surface area contributed by atoms with Crippen LogP contribution in [0.2, 0.25) is 0 Å². The number of rotatable bonds is 10. The standard InChI is InChI=1S/C23H25NO7/c1-15(7-12-21(27)28)22(19-5-3-4-6-20(19)30-14-13-25)31-23(29)24-18-10-8-17(9-11-18)16(2)26/h3-12,15,22,25H,13-14H2,1-2H3,(H,24,29)(H,27,28)/b12-7+/t15-,22-/m1/s1. The highest BCUT2D eigenvalue weighted by Crippen LogP contribution is 2.34. The summed E-state index contributed by atoms with van der Waals surface area (Å²) in [6, 6.07) is 13.2. The smallest absolute Gasteiger partial charge is 0.412 e. The monoisotopic (exact) mass is 427 g/mol. The summed E-state index contributed by atoms with van der Waals surface area (Å²) < 4.78 is 11.2. The predicted octanol–water partition coefficient (Wildman–Crippen LogP) is 3.83. The molecule has 0 saturated heterocycles. The van der Waals surface area contributed by atoms with Gasteiger partial charge < -0.3 is 19.7 Å². The molecule has 0 bridgehead atoms. The third-order valence-electron chi connectivity index (χ3n) is 4.37. The number of carbonyl (C=O) groups is 3. The molecule has 0 unspecified atom stereocenters. The summed E-state index contributed by atoms with van der Waals surface area (Å²) in [7, 11) is 0. The van der Waals surface area contributed by atoms with Crippen LogP contribution in [0.15, 0.2) is 60.7 Å². The second kappa shape index (κ2) is 11.5. The third kappa shape index (κ3) is 7.27. The van der Waals surface area contributed by atoms with Crippen molar-refractivity contribution < 1.29 is 34.1 Å². The number of hydrogen-bond donors (Lipinski definition) is 3. The fourth-order valence-electron chi connectivity index (χ4n) is 2.84. The fraction of sp³-hybridized carbons (Fsp3) is 0.261. The molecule has 2 aromatic rings. The van der Waals surface area contributed by atoms with Gasteiger partial charge in [0.15, 0.2) is 5.78 Å². The molecule has 2 aromatic carbocycles. The van der Waals surface area contributed by atoms with Crippen LogP contribution >= 0.6 is 0 Å². The van der Waals surface area contributed by atoms with Crippen molar-refractivity contribution in [3.05, 3.63) is 71.8 Å². The van der Waals surface area contributed by atoms with E-state index in [2.05, 4.69) is 5.32 Å². The fourth-order valence-corrected chi connectivity index (χ4v) is 2.84. The molecule has 0 heterocycles. The van der Waals surface area contributed by atoms with Gasteiger partial charge in [0.05, 0.1) is 6.61 Å². The number of hydrogen-bond acceptors (Lipinski definition) is 6. The van der Waals surface area contributed by atoms with Crippen LogP contribution in [0, 0.1) is 5.92 Å². The van der Waals surface area contributed by atoms with E-state index in [4.69, 9.17) is 19.7 Å². The normalized spacial score (nSPS) is 12.7. The summed E-state index contributed by atoms with van der Waals surface area (Å²) in [5.74, 6) is -1.30. The molecule has 1 amide bonds. The van der Waals surface area contributed by atoms with Crippen LogP contribution < -0.4 is 10.1 Å². The SMILES string of the molecule is CC(=O)c1ccc(NC(=O)O[C@@H](c2ccccc2OCCO)[C@H](C)/C=C/C(=O)O)cc1. The summed E-state index contributed by atoms with van der Waals surface area (Å²) in [5, 5.41) is 20.6. The highest BCUT2D eigenvalue weighted by molar-refractivity contribution is 5.95. The minimum absolute atomic E-state index is 0.0533. The van der Waals surface area contributed by atoms with Crippen molar-refractivity contribution >= 4 is 23.5 Å². The Balaban J connectivity index is 2.25. The maximum absolute atomic E-state index is 12.6. The van der Waals surface area contributed by atoms with E-state index in [9.17, 15) is 14.4 Å². The van der Waals surface area contributed by atoms with E-state index in [-0.39, 0.29) is 19.0 Å². The van der Waals surface area contributed by atoms with Crippen molar-refractivity contribution in [2.24, 2.45) is 5.92 Å². The number of nitrogens with one attached hydrogen (secondary N) is 1. The number of aliphatic carboxylic acids is 1. The number of Topliss-reactive ketones (excluding diaryl/α,β-unsaturated/α-hetero) is 1. The molecule has 0 saturated carbocycles. The Kier molecular flexibility index (Phi) is 8.78. The number of aliphatic hydroxyl groups is 1. The van der Waals surface area contributed by atoms with Crippen LogP contribution in [-0.4, -0.2) is 41.3 Å². The van der Waals surface area contributed by atoms with Crippen molar-refractivity contribution in [3.63, 3.8) is 0 Å². The van der Waals surface area contributed by atoms with E-state index in [0.29, 0.717) is 22.6 Å². The lowest BCUT2D eigenvalue weighted by atomic mass is 9.96. The average molecular weight is 427 g/mol. The van der Waals surface area contributed by atoms with Crippen molar-refractivity contribution in [1.29, 1.82) is 0 Å². The maximum Gasteiger partial charge on any atom is 0.412 e. The van der Waals surface area contributed by atoms with E-state index in [1.54, 1.807) is 55.5 Å². The number of aliphatic hydroxyl groups excluding tert-OH is 1. The van der Waals surface area contributed by atoms with Gasteiger partial charge in [0.2, 0.25) is 0 Å². The molecule has 0 radical (unpaired) electrons. The first-order chi connectivity index (χ1) is 14.8. The zero-order valence-corrected chi connectivity index (χ0v) is 17.3. The Morgan fingerprint density at radius 3 is 2.39 bits per heavy atom. The quantitative estimate of drug-likeness (QED) is 0.389. The summed E-state index contributed by atoms with van der Waals surface area (Å²) in [4.78, 5) is 34.9. The van der Waals surface area contributed by atoms with Gasteiger partial charge in [-0.1, -0.05) is 31.2 Å². The molecule has 2 atom stereocenters. The molecule has 8 nitrogen and oxygen atoms in total. The average Bonchev–Trinajstić information content (AvgIpc) is 2.75. The number of ether oxygens (including phenoxy) is 2. The maximum atomic E-state index is 12.6. The zero-order chi connectivity index (χ0) is 22.8. The van der Waals surface area contributed by atoms with Crippen molar-refractivity contribution in [2.45, 2.75) is 20.0 Å². The highest BCUT2D eigenvalue weighted by atomic mass is 16.6. The van der Waals surface area contributed by atoms with Crippen LogP contribution in [0.4, 0.5) is 10.5 Å². The van der Waals surface area contributed by atoms with Gasteiger partial charge in [0, 0.05) is 28.8 Å². The molecule has 2 rings (SSSR count). The number of carboxylic acids is 1. The lowest BCUT2D eigenvalue weighted by Gasteiger charge is -2.24. The van der Waals surface area contributed by atoms with Crippen LogP contribution in [-0.2, 0) is 9.53 Å². The summed E-state index contributed by atoms with van der Waals surface area (Å²) >= 11 is 0. The molecule has 0 aliphatic heterocycles. The van der Waals surface area contributed by atoms with Crippen LogP contribution in [0.5, 0.6) is 5.75 Å². The van der Waals surface area contributed by atoms with Gasteiger partial charge in [-0.3, -0.25) is 10.1 Å². The number of benzene rings is 2. The predicted molar refractivity (Wildman–Crippen MR) is 114 cm³/mol. The van der Waals surface area contributed by atoms with Crippen LogP contribution in [0.1, 0.15) is 35.9 Å². The molecule has 0 aromatic heterocycles. The molecule has 164 valence electrons. The number of ketones is 1. The van der Waals surface area contributed by atoms with E-state index in [1.165, 1.54) is 13.0 Å². The molecule has 0 aliphatic rings. The topological polar surface area (TPSA) is 122 Å². The van der Waals surface area contributed by atoms with Crippen LogP contribution in [0.3, 0.4) is 0 Å². The minimum Gasteiger partial charge on any atom is -0.491 e. The first-order valence-electron chi connectivity index (χ1n) is 9.64. The molecule has 3 N–H and O–H groups in total. The van der Waals surface area contributed by atoms with Gasteiger partial charge >= 0.3 is 12.1 Å². The Morgan fingerprint density at radius 2 is 1.77 bits per heavy atom. The summed E-state index contributed by atoms with van der Waals surface area (Å²) in [6.07, 6.45) is 0.788. The van der Waals surface area contributed by atoms with Gasteiger partial charge in [-0.15, -0.1) is 0 Å². The second-order valence-electron chi connectivity index (χ2n) is 6.75. The van der Waals surface area contributed by atoms with Gasteiger partial charge in [-0.2, -0.15) is 0 Å². The number of amides is 1. The highest BCUT2D eigenvalue weighted by Gasteiger charge is 2.25. The van der Waals surface area contributed by atoms with E-state index < -0.39 is 24.1 Å². The van der Waals surface area contributed by atoms with Gasteiger partial charge in [0.1, 0.15) is 18.5 Å². The van der Waals surface area contributed by atoms with Crippen molar-refractivity contribution in [1.82, 2.24) is 0 Å². The molecule has 0 aliphatic carbocycles. The van der Waals surface area contributed by atoms with Crippen molar-refractivity contribution in [3.8, 4) is 5.75 Å². The Morgan fingerprint density at radius 1 is 1.10 bits per heavy atom. The Bertz CT molecular complexity index is 937. The number of anilines is 1. The van der Waals surface area contributed by atoms with Gasteiger partial charge in [-0.05, 0) is 37.3 Å². The first-order valence-corrected chi connectivity index (χ1v) is 9.64. The molecular formula is C23H25NO7. The first kappa shape index (κ1) is 23.6. The summed E-state index contributed by atoms with van der Waals surface area (Å²) in [5.41, 5.74) is 1.48. The lowest BCUT2D eigenvalue weighted by molar-refractivity contribution is -0.131. The zero-order valence-electron chi connectivity index (χ0n) is 17.3. The number of para-hydroxylation sites is 1. The van der Waals surface area contributed by atoms with E-state index in [1.807, 2.05) is 0 Å². The largest absolute Gasteiger partial charge is 0.491 e. The van der Waals surface area contributed by atoms with Gasteiger partial charge in [-0.25, -0.2) is 9.59 Å². The van der Waals surface area contributed by atoms with Gasteiger partial charge in [0.25, 0.3) is 0 Å². The molecular weight excluding hydrogens is 402 g/mol. The van der Waals surface area contributed by atoms with Crippen LogP contribution in [0.25, 0.3) is 0 Å². The number of carbonyl (C=O) groups excluding carboxylic acids is 2. The minimum atomic E-state index is -1.12. The van der Waals surface area contributed by atoms with E-state index in [0.717, 1.165) is 6.08 Å². The molecule has 8 heteroatoms. The molecule has 0 spiro atoms. The lowest BCUT2D eigenvalue weighted by Crippen LogP contribution is -2.22. The molecule has 31 heavy (non-hydrogen) atoms. The summed E-state index contributed by atoms with van der Waals surface area (Å²) in [6.45, 7) is 3.02. The molecule has 0 fully saturated rings. The second-order valence-corrected chi connectivity index (χ2v) is 6.75. The number of carboxylic acid groups (broad SMARTS) is 1.